The molecule has 3 heterocycles. The molecule has 28 heavy (non-hydrogen) atoms. The molecular weight excluding hydrogens is 359 g/mol. The Morgan fingerprint density at radius 1 is 1.14 bits per heavy atom. The van der Waals surface area contributed by atoms with E-state index in [4.69, 9.17) is 5.73 Å². The first-order chi connectivity index (χ1) is 13.5. The number of aliphatic hydroxyl groups excluding tert-OH is 1. The minimum absolute atomic E-state index is 0.297. The van der Waals surface area contributed by atoms with Crippen LogP contribution in [0.2, 0.25) is 0 Å². The summed E-state index contributed by atoms with van der Waals surface area (Å²) in [7, 11) is 0. The lowest BCUT2D eigenvalue weighted by Gasteiger charge is -2.36. The molecule has 1 fully saturated rings. The molecule has 1 aliphatic heterocycles. The molecule has 1 aliphatic rings. The molecule has 0 spiro atoms. The van der Waals surface area contributed by atoms with Gasteiger partial charge in [-0.25, -0.2) is 19.3 Å². The lowest BCUT2D eigenvalue weighted by Crippen LogP contribution is -2.49. The van der Waals surface area contributed by atoms with Gasteiger partial charge in [0.25, 0.3) is 0 Å². The van der Waals surface area contributed by atoms with Crippen molar-refractivity contribution in [1.29, 1.82) is 0 Å². The van der Waals surface area contributed by atoms with Gasteiger partial charge in [-0.05, 0) is 42.8 Å². The Morgan fingerprint density at radius 2 is 1.93 bits per heavy atom. The van der Waals surface area contributed by atoms with Crippen molar-refractivity contribution in [1.82, 2.24) is 24.8 Å². The second kappa shape index (κ2) is 7.75. The van der Waals surface area contributed by atoms with Gasteiger partial charge in [-0.3, -0.25) is 9.80 Å². The smallest absolute Gasteiger partial charge is 0.153 e. The highest BCUT2D eigenvalue weighted by atomic mass is 19.1. The average molecular weight is 382 g/mol. The van der Waals surface area contributed by atoms with Crippen molar-refractivity contribution >= 4 is 16.9 Å². The van der Waals surface area contributed by atoms with Crippen molar-refractivity contribution in [2.75, 3.05) is 31.9 Å². The van der Waals surface area contributed by atoms with Gasteiger partial charge in [-0.2, -0.15) is 0 Å². The Bertz CT molecular complexity index is 988. The monoisotopic (exact) mass is 382 g/mol. The highest BCUT2D eigenvalue weighted by Gasteiger charge is 2.20. The molecule has 3 aromatic rings. The second-order valence-electron chi connectivity index (χ2n) is 7.12. The van der Waals surface area contributed by atoms with Gasteiger partial charge in [-0.15, -0.1) is 0 Å². The fourth-order valence-electron chi connectivity index (χ4n) is 3.56. The maximum atomic E-state index is 14.3. The summed E-state index contributed by atoms with van der Waals surface area (Å²) in [4.78, 5) is 17.0. The standard InChI is InChI=1S/C20H23FN6O/c1-13(28)27-6-4-26(5-7-27)11-14-8-15(10-16(21)9-14)17-2-3-18-19(25-17)20(22)24-12-23-18/h2-3,8-10,12-13,28H,4-7,11H2,1H3,(H2,22,23,24). The lowest BCUT2D eigenvalue weighted by molar-refractivity contribution is -0.0141. The molecular formula is C20H23FN6O. The molecule has 7 nitrogen and oxygen atoms in total. The minimum Gasteiger partial charge on any atom is -0.382 e. The van der Waals surface area contributed by atoms with E-state index in [1.165, 1.54) is 12.4 Å². The van der Waals surface area contributed by atoms with Crippen LogP contribution in [0.4, 0.5) is 10.2 Å². The highest BCUT2D eigenvalue weighted by Crippen LogP contribution is 2.24. The molecule has 0 saturated carbocycles. The van der Waals surface area contributed by atoms with E-state index in [0.29, 0.717) is 34.7 Å². The SMILES string of the molecule is CC(O)N1CCN(Cc2cc(F)cc(-c3ccc4ncnc(N)c4n3)c2)CC1. The van der Waals surface area contributed by atoms with E-state index >= 15 is 0 Å². The lowest BCUT2D eigenvalue weighted by atomic mass is 10.1. The third kappa shape index (κ3) is 3.94. The van der Waals surface area contributed by atoms with Gasteiger partial charge in [0.05, 0.1) is 11.2 Å². The molecule has 3 N–H and O–H groups in total. The quantitative estimate of drug-likeness (QED) is 0.712. The first-order valence-electron chi connectivity index (χ1n) is 9.31. The average Bonchev–Trinajstić information content (AvgIpc) is 2.68. The third-order valence-electron chi connectivity index (χ3n) is 5.11. The predicted octanol–water partition coefficient (Wildman–Crippen LogP) is 1.87. The number of nitrogen functional groups attached to an aromatic ring is 1. The van der Waals surface area contributed by atoms with Crippen molar-refractivity contribution in [2.45, 2.75) is 19.7 Å². The number of aliphatic hydroxyl groups is 1. The number of nitrogens with zero attached hydrogens (tertiary/aromatic N) is 5. The normalized spacial score (nSPS) is 17.1. The molecule has 4 rings (SSSR count). The highest BCUT2D eigenvalue weighted by molar-refractivity contribution is 5.85. The minimum atomic E-state index is -0.432. The van der Waals surface area contributed by atoms with Gasteiger partial charge >= 0.3 is 0 Å². The number of nitrogens with two attached hydrogens (primary N) is 1. The van der Waals surface area contributed by atoms with Crippen LogP contribution >= 0.6 is 0 Å². The molecule has 8 heteroatoms. The maximum absolute atomic E-state index is 14.3. The molecule has 0 aliphatic carbocycles. The van der Waals surface area contributed by atoms with E-state index in [-0.39, 0.29) is 5.82 Å². The third-order valence-corrected chi connectivity index (χ3v) is 5.11. The Labute approximate surface area is 162 Å². The molecule has 1 unspecified atom stereocenters. The van der Waals surface area contributed by atoms with Gasteiger partial charge in [0.1, 0.15) is 23.9 Å². The van der Waals surface area contributed by atoms with E-state index in [0.717, 1.165) is 31.7 Å². The molecule has 0 radical (unpaired) electrons. The van der Waals surface area contributed by atoms with E-state index < -0.39 is 6.23 Å². The van der Waals surface area contributed by atoms with Crippen LogP contribution in [0, 0.1) is 5.82 Å². The van der Waals surface area contributed by atoms with Crippen LogP contribution in [-0.2, 0) is 6.54 Å². The summed E-state index contributed by atoms with van der Waals surface area (Å²) in [5, 5.41) is 9.68. The molecule has 1 saturated heterocycles. The summed E-state index contributed by atoms with van der Waals surface area (Å²) in [5.74, 6) is 0.00811. The first kappa shape index (κ1) is 18.7. The zero-order valence-corrected chi connectivity index (χ0v) is 15.7. The Kier molecular flexibility index (Phi) is 5.17. The Balaban J connectivity index is 1.57. The Hall–Kier alpha value is -2.68. The predicted molar refractivity (Wildman–Crippen MR) is 106 cm³/mol. The van der Waals surface area contributed by atoms with Crippen molar-refractivity contribution < 1.29 is 9.50 Å². The zero-order valence-electron chi connectivity index (χ0n) is 15.7. The summed E-state index contributed by atoms with van der Waals surface area (Å²) < 4.78 is 14.3. The van der Waals surface area contributed by atoms with E-state index in [1.54, 1.807) is 13.0 Å². The number of hydrogen-bond acceptors (Lipinski definition) is 7. The number of rotatable bonds is 4. The van der Waals surface area contributed by atoms with Gasteiger partial charge < -0.3 is 10.8 Å². The molecule has 0 amide bonds. The molecule has 1 atom stereocenters. The molecule has 146 valence electrons. The fourth-order valence-corrected chi connectivity index (χ4v) is 3.56. The van der Waals surface area contributed by atoms with Crippen LogP contribution in [0.5, 0.6) is 0 Å². The summed E-state index contributed by atoms with van der Waals surface area (Å²) >= 11 is 0. The number of piperazine rings is 1. The van der Waals surface area contributed by atoms with Gasteiger partial charge in [0.2, 0.25) is 0 Å². The van der Waals surface area contributed by atoms with Crippen molar-refractivity contribution in [2.24, 2.45) is 0 Å². The topological polar surface area (TPSA) is 91.4 Å². The van der Waals surface area contributed by atoms with E-state index in [2.05, 4.69) is 19.9 Å². The van der Waals surface area contributed by atoms with Crippen LogP contribution in [0.15, 0.2) is 36.7 Å². The van der Waals surface area contributed by atoms with Gasteiger partial charge in [-0.1, -0.05) is 0 Å². The first-order valence-corrected chi connectivity index (χ1v) is 9.31. The summed E-state index contributed by atoms with van der Waals surface area (Å²) in [5.41, 5.74) is 9.29. The number of benzene rings is 1. The summed E-state index contributed by atoms with van der Waals surface area (Å²) in [6.07, 6.45) is 0.967. The number of aromatic nitrogens is 3. The molecule has 0 bridgehead atoms. The van der Waals surface area contributed by atoms with Gasteiger partial charge in [0, 0.05) is 38.3 Å². The van der Waals surface area contributed by atoms with Crippen molar-refractivity contribution in [3.8, 4) is 11.3 Å². The number of fused-ring (bicyclic) bond motifs is 1. The number of anilines is 1. The summed E-state index contributed by atoms with van der Waals surface area (Å²) in [6.45, 7) is 5.69. The number of pyridine rings is 1. The van der Waals surface area contributed by atoms with E-state index in [1.807, 2.05) is 23.1 Å². The number of hydrogen-bond donors (Lipinski definition) is 2. The van der Waals surface area contributed by atoms with Crippen LogP contribution < -0.4 is 5.73 Å². The molecule has 1 aromatic carbocycles. The van der Waals surface area contributed by atoms with Crippen molar-refractivity contribution in [3.63, 3.8) is 0 Å². The second-order valence-corrected chi connectivity index (χ2v) is 7.12. The Morgan fingerprint density at radius 3 is 2.68 bits per heavy atom. The van der Waals surface area contributed by atoms with Crippen LogP contribution in [0.25, 0.3) is 22.3 Å². The van der Waals surface area contributed by atoms with E-state index in [9.17, 15) is 9.50 Å². The van der Waals surface area contributed by atoms with Crippen LogP contribution in [0.3, 0.4) is 0 Å². The van der Waals surface area contributed by atoms with Crippen molar-refractivity contribution in [3.05, 3.63) is 48.0 Å². The number of halogens is 1. The van der Waals surface area contributed by atoms with Crippen LogP contribution in [-0.4, -0.2) is 62.3 Å². The largest absolute Gasteiger partial charge is 0.382 e. The zero-order chi connectivity index (χ0) is 19.7. The summed E-state index contributed by atoms with van der Waals surface area (Å²) in [6, 6.07) is 8.62. The molecule has 2 aromatic heterocycles. The fraction of sp³-hybridized carbons (Fsp3) is 0.350. The maximum Gasteiger partial charge on any atom is 0.153 e. The van der Waals surface area contributed by atoms with Gasteiger partial charge in [0.15, 0.2) is 5.82 Å². The van der Waals surface area contributed by atoms with Crippen LogP contribution in [0.1, 0.15) is 12.5 Å².